The summed E-state index contributed by atoms with van der Waals surface area (Å²) in [6.45, 7) is 0. The monoisotopic (exact) mass is 274 g/mol. The lowest BCUT2D eigenvalue weighted by Gasteiger charge is -2.01. The van der Waals surface area contributed by atoms with Crippen molar-refractivity contribution in [3.63, 3.8) is 0 Å². The minimum Gasteiger partial charge on any atom is -0.508 e. The van der Waals surface area contributed by atoms with Gasteiger partial charge in [0.2, 0.25) is 0 Å². The van der Waals surface area contributed by atoms with Crippen molar-refractivity contribution >= 4 is 23.5 Å². The van der Waals surface area contributed by atoms with Crippen LogP contribution in [0.3, 0.4) is 0 Å². The lowest BCUT2D eigenvalue weighted by molar-refractivity contribution is 0.104. The zero-order valence-electron chi connectivity index (χ0n) is 9.88. The van der Waals surface area contributed by atoms with Crippen molar-refractivity contribution in [2.75, 3.05) is 0 Å². The minimum atomic E-state index is -0.395. The van der Waals surface area contributed by atoms with Gasteiger partial charge in [0.25, 0.3) is 0 Å². The molecule has 0 unspecified atom stereocenters. The van der Waals surface area contributed by atoms with Gasteiger partial charge in [-0.15, -0.1) is 0 Å². The number of allylic oxidation sites excluding steroid dienone is 1. The van der Waals surface area contributed by atoms with E-state index >= 15 is 0 Å². The molecule has 0 radical (unpaired) electrons. The molecule has 2 N–H and O–H groups in total. The van der Waals surface area contributed by atoms with Gasteiger partial charge < -0.3 is 10.2 Å². The topological polar surface area (TPSA) is 57.5 Å². The number of halogens is 1. The lowest BCUT2D eigenvalue weighted by atomic mass is 10.1. The van der Waals surface area contributed by atoms with Gasteiger partial charge in [-0.25, -0.2) is 0 Å². The number of hydrogen-bond acceptors (Lipinski definition) is 3. The van der Waals surface area contributed by atoms with Crippen molar-refractivity contribution in [2.24, 2.45) is 0 Å². The molecule has 2 rings (SSSR count). The number of ketones is 1. The summed E-state index contributed by atoms with van der Waals surface area (Å²) in [5.41, 5.74) is 0.832. The second-order valence-corrected chi connectivity index (χ2v) is 4.39. The first kappa shape index (κ1) is 13.2. The van der Waals surface area contributed by atoms with E-state index in [1.807, 2.05) is 0 Å². The van der Waals surface area contributed by atoms with Gasteiger partial charge in [-0.05, 0) is 42.0 Å². The zero-order chi connectivity index (χ0) is 13.8. The van der Waals surface area contributed by atoms with Crippen molar-refractivity contribution in [2.45, 2.75) is 0 Å². The molecule has 2 aromatic carbocycles. The molecule has 0 atom stereocenters. The van der Waals surface area contributed by atoms with E-state index in [1.165, 1.54) is 24.3 Å². The molecule has 0 heterocycles. The Labute approximate surface area is 115 Å². The fourth-order valence-corrected chi connectivity index (χ4v) is 1.79. The number of rotatable bonds is 3. The molecular weight excluding hydrogens is 264 g/mol. The van der Waals surface area contributed by atoms with Crippen LogP contribution >= 0.6 is 11.6 Å². The summed E-state index contributed by atoms with van der Waals surface area (Å²) < 4.78 is 0. The van der Waals surface area contributed by atoms with Crippen LogP contribution < -0.4 is 0 Å². The van der Waals surface area contributed by atoms with Gasteiger partial charge in [-0.2, -0.15) is 0 Å². The third kappa shape index (κ3) is 3.36. The molecule has 4 heteroatoms. The van der Waals surface area contributed by atoms with Crippen LogP contribution in [-0.4, -0.2) is 16.0 Å². The highest BCUT2D eigenvalue weighted by Crippen LogP contribution is 2.23. The molecule has 0 aliphatic rings. The summed E-state index contributed by atoms with van der Waals surface area (Å²) in [5, 5.41) is 19.4. The minimum absolute atomic E-state index is 0.0540. The van der Waals surface area contributed by atoms with Crippen molar-refractivity contribution < 1.29 is 15.0 Å². The quantitative estimate of drug-likeness (QED) is 0.510. The molecule has 0 bridgehead atoms. The Hall–Kier alpha value is -2.26. The summed E-state index contributed by atoms with van der Waals surface area (Å²) in [6, 6.07) is 10.8. The van der Waals surface area contributed by atoms with Gasteiger partial charge in [0.15, 0.2) is 5.78 Å². The van der Waals surface area contributed by atoms with Crippen LogP contribution in [0.5, 0.6) is 11.5 Å². The Kier molecular flexibility index (Phi) is 3.88. The molecular formula is C15H11ClO3. The maximum Gasteiger partial charge on any atom is 0.189 e. The van der Waals surface area contributed by atoms with Crippen LogP contribution in [0.15, 0.2) is 48.5 Å². The number of phenols is 2. The molecule has 2 aromatic rings. The van der Waals surface area contributed by atoms with Crippen LogP contribution in [0, 0.1) is 0 Å². The van der Waals surface area contributed by atoms with E-state index in [0.29, 0.717) is 5.02 Å². The van der Waals surface area contributed by atoms with Gasteiger partial charge in [0.1, 0.15) is 11.5 Å². The SMILES string of the molecule is O=C(/C=C/c1cccc(Cl)c1)c1cc(O)ccc1O. The van der Waals surface area contributed by atoms with Gasteiger partial charge in [0, 0.05) is 5.02 Å². The Morgan fingerprint density at radius 2 is 1.89 bits per heavy atom. The molecule has 0 aliphatic carbocycles. The molecule has 0 amide bonds. The number of carbonyl (C=O) groups is 1. The van der Waals surface area contributed by atoms with E-state index in [0.717, 1.165) is 5.56 Å². The van der Waals surface area contributed by atoms with Crippen molar-refractivity contribution in [3.8, 4) is 11.5 Å². The highest BCUT2D eigenvalue weighted by Gasteiger charge is 2.08. The predicted octanol–water partition coefficient (Wildman–Crippen LogP) is 3.65. The number of carbonyl (C=O) groups excluding carboxylic acids is 1. The summed E-state index contributed by atoms with van der Waals surface area (Å²) >= 11 is 5.83. The van der Waals surface area contributed by atoms with Gasteiger partial charge in [-0.1, -0.05) is 29.8 Å². The Morgan fingerprint density at radius 1 is 1.11 bits per heavy atom. The van der Waals surface area contributed by atoms with E-state index in [2.05, 4.69) is 0 Å². The number of phenolic OH excluding ortho intramolecular Hbond substituents is 2. The molecule has 96 valence electrons. The fraction of sp³-hybridized carbons (Fsp3) is 0. The summed E-state index contributed by atoms with van der Waals surface area (Å²) in [4.78, 5) is 11.9. The first-order valence-corrected chi connectivity index (χ1v) is 5.94. The average molecular weight is 275 g/mol. The van der Waals surface area contributed by atoms with Crippen LogP contribution in [0.1, 0.15) is 15.9 Å². The van der Waals surface area contributed by atoms with E-state index in [-0.39, 0.29) is 17.1 Å². The summed E-state index contributed by atoms with van der Waals surface area (Å²) in [5.74, 6) is -0.635. The summed E-state index contributed by atoms with van der Waals surface area (Å²) in [7, 11) is 0. The first-order valence-electron chi connectivity index (χ1n) is 5.56. The molecule has 0 fully saturated rings. The van der Waals surface area contributed by atoms with Crippen molar-refractivity contribution in [1.29, 1.82) is 0 Å². The summed E-state index contributed by atoms with van der Waals surface area (Å²) in [6.07, 6.45) is 2.91. The van der Waals surface area contributed by atoms with E-state index < -0.39 is 5.78 Å². The van der Waals surface area contributed by atoms with Gasteiger partial charge >= 0.3 is 0 Å². The maximum atomic E-state index is 11.9. The van der Waals surface area contributed by atoms with E-state index in [9.17, 15) is 15.0 Å². The Morgan fingerprint density at radius 3 is 2.63 bits per heavy atom. The number of hydrogen-bond donors (Lipinski definition) is 2. The highest BCUT2D eigenvalue weighted by atomic mass is 35.5. The van der Waals surface area contributed by atoms with Crippen molar-refractivity contribution in [1.82, 2.24) is 0 Å². The maximum absolute atomic E-state index is 11.9. The molecule has 19 heavy (non-hydrogen) atoms. The molecule has 0 saturated carbocycles. The molecule has 3 nitrogen and oxygen atoms in total. The van der Waals surface area contributed by atoms with Crippen molar-refractivity contribution in [3.05, 3.63) is 64.7 Å². The largest absolute Gasteiger partial charge is 0.508 e. The standard InChI is InChI=1S/C15H11ClO3/c16-11-3-1-2-10(8-11)4-6-14(18)13-9-12(17)5-7-15(13)19/h1-9,17,19H/b6-4+. The zero-order valence-corrected chi connectivity index (χ0v) is 10.6. The predicted molar refractivity (Wildman–Crippen MR) is 74.6 cm³/mol. The molecule has 0 spiro atoms. The number of benzene rings is 2. The lowest BCUT2D eigenvalue weighted by Crippen LogP contribution is -1.94. The van der Waals surface area contributed by atoms with Crippen LogP contribution in [-0.2, 0) is 0 Å². The average Bonchev–Trinajstić information content (AvgIpc) is 2.39. The van der Waals surface area contributed by atoms with Crippen LogP contribution in [0.25, 0.3) is 6.08 Å². The first-order chi connectivity index (χ1) is 9.06. The smallest absolute Gasteiger partial charge is 0.189 e. The van der Waals surface area contributed by atoms with E-state index in [4.69, 9.17) is 11.6 Å². The second kappa shape index (κ2) is 5.59. The normalized spacial score (nSPS) is 10.8. The van der Waals surface area contributed by atoms with Gasteiger partial charge in [-0.3, -0.25) is 4.79 Å². The Balaban J connectivity index is 2.23. The van der Waals surface area contributed by atoms with Gasteiger partial charge in [0.05, 0.1) is 5.56 Å². The molecule has 0 saturated heterocycles. The molecule has 0 aromatic heterocycles. The number of aromatic hydroxyl groups is 2. The third-order valence-electron chi connectivity index (χ3n) is 2.52. The Bertz CT molecular complexity index is 648. The molecule has 0 aliphatic heterocycles. The fourth-order valence-electron chi connectivity index (χ4n) is 1.59. The highest BCUT2D eigenvalue weighted by molar-refractivity contribution is 6.30. The second-order valence-electron chi connectivity index (χ2n) is 3.95. The van der Waals surface area contributed by atoms with Crippen LogP contribution in [0.4, 0.5) is 0 Å². The van der Waals surface area contributed by atoms with Crippen LogP contribution in [0.2, 0.25) is 5.02 Å². The third-order valence-corrected chi connectivity index (χ3v) is 2.76. The van der Waals surface area contributed by atoms with E-state index in [1.54, 1.807) is 30.3 Å².